The molecule has 130 valence electrons. The minimum absolute atomic E-state index is 0.186. The van der Waals surface area contributed by atoms with E-state index in [1.807, 2.05) is 17.5 Å². The van der Waals surface area contributed by atoms with Gasteiger partial charge in [0.05, 0.1) is 0 Å². The molecule has 5 nitrogen and oxygen atoms in total. The largest absolute Gasteiger partial charge is 0.480 e. The third kappa shape index (κ3) is 4.39. The van der Waals surface area contributed by atoms with E-state index in [0.717, 1.165) is 20.5 Å². The average Bonchev–Trinajstić information content (AvgIpc) is 2.84. The second kappa shape index (κ2) is 6.99. The molecule has 0 fully saturated rings. The molecule has 1 heterocycles. The molecule has 0 saturated heterocycles. The first-order valence-corrected chi connectivity index (χ1v) is 8.68. The summed E-state index contributed by atoms with van der Waals surface area (Å²) >= 11 is 7.56. The van der Waals surface area contributed by atoms with Crippen LogP contribution in [0.15, 0.2) is 23.6 Å². The summed E-state index contributed by atoms with van der Waals surface area (Å²) in [6.45, 7) is 5.22. The quantitative estimate of drug-likeness (QED) is 0.866. The summed E-state index contributed by atoms with van der Waals surface area (Å²) < 4.78 is 6.29. The first kappa shape index (κ1) is 18.5. The summed E-state index contributed by atoms with van der Waals surface area (Å²) in [6.07, 6.45) is -0.474. The van der Waals surface area contributed by atoms with Crippen LogP contribution in [0.2, 0.25) is 5.02 Å². The highest BCUT2D eigenvalue weighted by atomic mass is 35.5. The number of likely N-dealkylation sites (N-methyl/N-ethyl adjacent to an activating group) is 1. The number of hydrogen-bond donors (Lipinski definition) is 1. The van der Waals surface area contributed by atoms with Crippen LogP contribution in [0.25, 0.3) is 10.1 Å². The molecular weight excluding hydrogens is 350 g/mol. The first-order chi connectivity index (χ1) is 11.1. The zero-order valence-electron chi connectivity index (χ0n) is 14.0. The Hall–Kier alpha value is -1.79. The zero-order valence-corrected chi connectivity index (χ0v) is 15.6. The lowest BCUT2D eigenvalue weighted by molar-refractivity contribution is -0.142. The van der Waals surface area contributed by atoms with Gasteiger partial charge in [0.2, 0.25) is 0 Å². The number of hydrogen-bond acceptors (Lipinski definition) is 4. The molecule has 0 radical (unpaired) electrons. The Bertz CT molecular complexity index is 766. The Balaban J connectivity index is 2.26. The van der Waals surface area contributed by atoms with E-state index >= 15 is 0 Å². The van der Waals surface area contributed by atoms with Gasteiger partial charge in [0.1, 0.15) is 11.6 Å². The number of carboxylic acid groups (broad SMARTS) is 1. The molecule has 1 N–H and O–H groups in total. The van der Waals surface area contributed by atoms with Gasteiger partial charge in [0, 0.05) is 23.2 Å². The van der Waals surface area contributed by atoms with Crippen LogP contribution < -0.4 is 0 Å². The number of amides is 1. The SMILES string of the molecule is CN(C(=O)OC(C)(C)C)C(Cc1csc2ccc(Cl)cc12)C(=O)O. The Morgan fingerprint density at radius 2 is 2.04 bits per heavy atom. The van der Waals surface area contributed by atoms with E-state index in [1.54, 1.807) is 26.8 Å². The predicted molar refractivity (Wildman–Crippen MR) is 96.0 cm³/mol. The Labute approximate surface area is 149 Å². The van der Waals surface area contributed by atoms with Crippen LogP contribution in [0.3, 0.4) is 0 Å². The van der Waals surface area contributed by atoms with Gasteiger partial charge in [-0.05, 0) is 55.3 Å². The highest BCUT2D eigenvalue weighted by molar-refractivity contribution is 7.17. The van der Waals surface area contributed by atoms with Crippen LogP contribution in [0.1, 0.15) is 26.3 Å². The Morgan fingerprint density at radius 3 is 2.62 bits per heavy atom. The number of benzene rings is 1. The molecule has 7 heteroatoms. The van der Waals surface area contributed by atoms with Gasteiger partial charge in [0.15, 0.2) is 0 Å². The van der Waals surface area contributed by atoms with Gasteiger partial charge in [-0.1, -0.05) is 11.6 Å². The topological polar surface area (TPSA) is 66.8 Å². The first-order valence-electron chi connectivity index (χ1n) is 7.43. The van der Waals surface area contributed by atoms with Gasteiger partial charge in [-0.15, -0.1) is 11.3 Å². The summed E-state index contributed by atoms with van der Waals surface area (Å²) in [5, 5.41) is 13.0. The van der Waals surface area contributed by atoms with Crippen molar-refractivity contribution < 1.29 is 19.4 Å². The van der Waals surface area contributed by atoms with Crippen molar-refractivity contribution in [2.75, 3.05) is 7.05 Å². The highest BCUT2D eigenvalue weighted by Gasteiger charge is 2.30. The molecule has 0 bridgehead atoms. The number of fused-ring (bicyclic) bond motifs is 1. The maximum absolute atomic E-state index is 12.2. The fourth-order valence-corrected chi connectivity index (χ4v) is 3.40. The zero-order chi connectivity index (χ0) is 18.1. The lowest BCUT2D eigenvalue weighted by Gasteiger charge is -2.28. The highest BCUT2D eigenvalue weighted by Crippen LogP contribution is 2.30. The number of thiophene rings is 1. The second-order valence-corrected chi connectivity index (χ2v) is 7.90. The monoisotopic (exact) mass is 369 g/mol. The summed E-state index contributed by atoms with van der Waals surface area (Å²) in [6, 6.07) is 4.50. The van der Waals surface area contributed by atoms with E-state index in [9.17, 15) is 14.7 Å². The molecule has 0 aliphatic rings. The van der Waals surface area contributed by atoms with Crippen molar-refractivity contribution >= 4 is 45.1 Å². The molecular formula is C17H20ClNO4S. The molecule has 0 spiro atoms. The summed E-state index contributed by atoms with van der Waals surface area (Å²) in [7, 11) is 1.44. The van der Waals surface area contributed by atoms with Gasteiger partial charge in [-0.2, -0.15) is 0 Å². The number of aliphatic carboxylic acids is 1. The molecule has 24 heavy (non-hydrogen) atoms. The minimum atomic E-state index is -1.08. The number of carboxylic acids is 1. The maximum atomic E-state index is 12.2. The maximum Gasteiger partial charge on any atom is 0.410 e. The molecule has 1 aromatic heterocycles. The van der Waals surface area contributed by atoms with Crippen LogP contribution in [-0.2, 0) is 16.0 Å². The molecule has 0 aliphatic heterocycles. The van der Waals surface area contributed by atoms with Crippen molar-refractivity contribution in [3.05, 3.63) is 34.2 Å². The number of ether oxygens (including phenoxy) is 1. The van der Waals surface area contributed by atoms with Crippen molar-refractivity contribution in [3.63, 3.8) is 0 Å². The number of carbonyl (C=O) groups excluding carboxylic acids is 1. The van der Waals surface area contributed by atoms with Crippen molar-refractivity contribution in [1.82, 2.24) is 4.90 Å². The van der Waals surface area contributed by atoms with E-state index in [2.05, 4.69) is 0 Å². The number of rotatable bonds is 4. The van der Waals surface area contributed by atoms with Gasteiger partial charge in [-0.25, -0.2) is 9.59 Å². The van der Waals surface area contributed by atoms with Gasteiger partial charge < -0.3 is 9.84 Å². The molecule has 2 aromatic rings. The molecule has 1 aromatic carbocycles. The molecule has 0 aliphatic carbocycles. The van der Waals surface area contributed by atoms with Crippen molar-refractivity contribution in [2.24, 2.45) is 0 Å². The molecule has 1 unspecified atom stereocenters. The van der Waals surface area contributed by atoms with Crippen LogP contribution in [0.4, 0.5) is 4.79 Å². The van der Waals surface area contributed by atoms with E-state index < -0.39 is 23.7 Å². The van der Waals surface area contributed by atoms with Crippen molar-refractivity contribution in [1.29, 1.82) is 0 Å². The Kier molecular flexibility index (Phi) is 5.40. The standard InChI is InChI=1S/C17H20ClNO4S/c1-17(2,3)23-16(22)19(4)13(15(20)21)7-10-9-24-14-6-5-11(18)8-12(10)14/h5-6,8-9,13H,7H2,1-4H3,(H,20,21). The van der Waals surface area contributed by atoms with Crippen LogP contribution in [-0.4, -0.2) is 40.8 Å². The third-order valence-corrected chi connectivity index (χ3v) is 4.71. The second-order valence-electron chi connectivity index (χ2n) is 6.55. The summed E-state index contributed by atoms with van der Waals surface area (Å²) in [4.78, 5) is 25.0. The van der Waals surface area contributed by atoms with Gasteiger partial charge in [0.25, 0.3) is 0 Å². The third-order valence-electron chi connectivity index (χ3n) is 3.46. The van der Waals surface area contributed by atoms with E-state index in [1.165, 1.54) is 18.4 Å². The average molecular weight is 370 g/mol. The van der Waals surface area contributed by atoms with Crippen LogP contribution in [0, 0.1) is 0 Å². The number of carbonyl (C=O) groups is 2. The van der Waals surface area contributed by atoms with Crippen molar-refractivity contribution in [2.45, 2.75) is 38.8 Å². The van der Waals surface area contributed by atoms with Crippen LogP contribution >= 0.6 is 22.9 Å². The minimum Gasteiger partial charge on any atom is -0.480 e. The van der Waals surface area contributed by atoms with E-state index in [0.29, 0.717) is 5.02 Å². The molecule has 1 atom stereocenters. The Morgan fingerprint density at radius 1 is 1.38 bits per heavy atom. The predicted octanol–water partition coefficient (Wildman–Crippen LogP) is 4.42. The lowest BCUT2D eigenvalue weighted by Crippen LogP contribution is -2.46. The smallest absolute Gasteiger partial charge is 0.410 e. The summed E-state index contributed by atoms with van der Waals surface area (Å²) in [5.74, 6) is -1.08. The fraction of sp³-hybridized carbons (Fsp3) is 0.412. The van der Waals surface area contributed by atoms with E-state index in [-0.39, 0.29) is 6.42 Å². The number of halogens is 1. The lowest BCUT2D eigenvalue weighted by atomic mass is 10.0. The fourth-order valence-electron chi connectivity index (χ4n) is 2.27. The molecule has 0 saturated carbocycles. The normalized spacial score (nSPS) is 12.9. The van der Waals surface area contributed by atoms with Crippen molar-refractivity contribution in [3.8, 4) is 0 Å². The van der Waals surface area contributed by atoms with Gasteiger partial charge >= 0.3 is 12.1 Å². The molecule has 1 amide bonds. The van der Waals surface area contributed by atoms with E-state index in [4.69, 9.17) is 16.3 Å². The van der Waals surface area contributed by atoms with Crippen LogP contribution in [0.5, 0.6) is 0 Å². The molecule has 2 rings (SSSR count). The van der Waals surface area contributed by atoms with Gasteiger partial charge in [-0.3, -0.25) is 4.90 Å². The summed E-state index contributed by atoms with van der Waals surface area (Å²) in [5.41, 5.74) is 0.164. The number of nitrogens with zero attached hydrogens (tertiary/aromatic N) is 1.